The van der Waals surface area contributed by atoms with Gasteiger partial charge in [-0.1, -0.05) is 76.9 Å². The summed E-state index contributed by atoms with van der Waals surface area (Å²) in [5.41, 5.74) is 0.520. The lowest BCUT2D eigenvalue weighted by Crippen LogP contribution is -2.08. The molecule has 0 unspecified atom stereocenters. The first-order valence-electron chi connectivity index (χ1n) is 12.1. The first-order valence-corrected chi connectivity index (χ1v) is 13.0. The fourth-order valence-electron chi connectivity index (χ4n) is 3.37. The van der Waals surface area contributed by atoms with Crippen LogP contribution in [-0.2, 0) is 9.53 Å². The summed E-state index contributed by atoms with van der Waals surface area (Å²) in [5.74, 6) is -0.738. The Bertz CT molecular complexity index is 621. The normalized spacial score (nSPS) is 11.2. The van der Waals surface area contributed by atoms with E-state index in [9.17, 15) is 9.59 Å². The number of methoxy groups -OCH3 is 1. The summed E-state index contributed by atoms with van der Waals surface area (Å²) in [6, 6.07) is 1.72. The molecule has 0 bridgehead atoms. The minimum atomic E-state index is -0.511. The molecule has 1 rings (SSSR count). The maximum atomic E-state index is 11.9. The molecule has 0 radical (unpaired) electrons. The average molecular weight is 451 g/mol. The average Bonchev–Trinajstić information content (AvgIpc) is 3.25. The zero-order valence-electron chi connectivity index (χ0n) is 19.7. The lowest BCUT2D eigenvalue weighted by molar-refractivity contribution is -0.139. The minimum absolute atomic E-state index is 0.221. The molecule has 0 atom stereocenters. The summed E-state index contributed by atoms with van der Waals surface area (Å²) < 4.78 is 10.3. The monoisotopic (exact) mass is 450 g/mol. The van der Waals surface area contributed by atoms with Crippen molar-refractivity contribution in [3.05, 3.63) is 29.2 Å². The molecule has 176 valence electrons. The lowest BCUT2D eigenvalue weighted by Gasteiger charge is -2.03. The molecule has 0 spiro atoms. The summed E-state index contributed by atoms with van der Waals surface area (Å²) in [6.07, 6.45) is 22.6. The maximum Gasteiger partial charge on any atom is 0.313 e. The molecule has 0 amide bonds. The second-order valence-electron chi connectivity index (χ2n) is 8.12. The van der Waals surface area contributed by atoms with E-state index in [1.165, 1.54) is 102 Å². The van der Waals surface area contributed by atoms with Gasteiger partial charge in [0.15, 0.2) is 10.8 Å². The molecule has 1 aromatic heterocycles. The van der Waals surface area contributed by atoms with Crippen molar-refractivity contribution in [2.24, 2.45) is 0 Å². The summed E-state index contributed by atoms with van der Waals surface area (Å²) in [6.45, 7) is 2.94. The highest BCUT2D eigenvalue weighted by Crippen LogP contribution is 2.24. The highest BCUT2D eigenvalue weighted by Gasteiger charge is 2.14. The molecular formula is C26H42O4S. The number of allylic oxidation sites excluding steroid dienone is 2. The predicted molar refractivity (Wildman–Crippen MR) is 130 cm³/mol. The number of esters is 1. The molecule has 0 aliphatic rings. The Morgan fingerprint density at radius 1 is 0.871 bits per heavy atom. The van der Waals surface area contributed by atoms with Gasteiger partial charge >= 0.3 is 5.97 Å². The van der Waals surface area contributed by atoms with Gasteiger partial charge in [0.05, 0.1) is 13.7 Å². The van der Waals surface area contributed by atoms with Crippen molar-refractivity contribution in [3.63, 3.8) is 0 Å². The summed E-state index contributed by atoms with van der Waals surface area (Å²) in [4.78, 5) is 23.1. The molecule has 0 aromatic carbocycles. The number of hydrogen-bond donors (Lipinski definition) is 0. The molecular weight excluding hydrogens is 408 g/mol. The number of rotatable bonds is 20. The third-order valence-electron chi connectivity index (χ3n) is 5.33. The second kappa shape index (κ2) is 19.1. The number of thiophene rings is 1. The Kier molecular flexibility index (Phi) is 16.9. The van der Waals surface area contributed by atoms with E-state index in [0.717, 1.165) is 11.5 Å². The third kappa shape index (κ3) is 14.9. The first-order chi connectivity index (χ1) is 15.2. The molecule has 31 heavy (non-hydrogen) atoms. The Labute approximate surface area is 193 Å². The van der Waals surface area contributed by atoms with Crippen LogP contribution in [0.5, 0.6) is 5.06 Å². The van der Waals surface area contributed by atoms with Crippen molar-refractivity contribution in [1.82, 2.24) is 0 Å². The van der Waals surface area contributed by atoms with Gasteiger partial charge in [-0.05, 0) is 32.1 Å². The van der Waals surface area contributed by atoms with Gasteiger partial charge in [0.25, 0.3) is 0 Å². The molecule has 5 heteroatoms. The predicted octanol–water partition coefficient (Wildman–Crippen LogP) is 7.91. The van der Waals surface area contributed by atoms with Crippen LogP contribution in [0.4, 0.5) is 0 Å². The van der Waals surface area contributed by atoms with E-state index in [1.807, 2.05) is 0 Å². The van der Waals surface area contributed by atoms with Crippen molar-refractivity contribution in [2.45, 2.75) is 103 Å². The summed E-state index contributed by atoms with van der Waals surface area (Å²) >= 11 is 1.40. The van der Waals surface area contributed by atoms with Crippen molar-refractivity contribution < 1.29 is 19.1 Å². The van der Waals surface area contributed by atoms with Gasteiger partial charge in [0, 0.05) is 17.0 Å². The SMILES string of the molecule is CCCCCCCC/C=C\CCCCCCCCOc1cc(C(=O)CC(=O)OC)cs1. The van der Waals surface area contributed by atoms with Crippen LogP contribution in [0.3, 0.4) is 0 Å². The molecule has 0 saturated heterocycles. The minimum Gasteiger partial charge on any atom is -0.484 e. The van der Waals surface area contributed by atoms with Crippen LogP contribution in [0, 0.1) is 0 Å². The third-order valence-corrected chi connectivity index (χ3v) is 6.17. The fourth-order valence-corrected chi connectivity index (χ4v) is 4.16. The van der Waals surface area contributed by atoms with Gasteiger partial charge in [-0.3, -0.25) is 9.59 Å². The van der Waals surface area contributed by atoms with Gasteiger partial charge < -0.3 is 9.47 Å². The zero-order valence-corrected chi connectivity index (χ0v) is 20.5. The Morgan fingerprint density at radius 2 is 1.45 bits per heavy atom. The maximum absolute atomic E-state index is 11.9. The standard InChI is InChI=1S/C26H42O4S/c1-3-4-5-6-7-8-9-10-11-12-13-14-15-16-17-18-19-30-26-20-23(22-31-26)24(27)21-25(28)29-2/h10-11,20,22H,3-9,12-19,21H2,1-2H3/b11-10-. The van der Waals surface area contributed by atoms with E-state index >= 15 is 0 Å². The van der Waals surface area contributed by atoms with Crippen LogP contribution in [0.1, 0.15) is 114 Å². The molecule has 4 nitrogen and oxygen atoms in total. The molecule has 0 saturated carbocycles. The number of unbranched alkanes of at least 4 members (excludes halogenated alkanes) is 12. The van der Waals surface area contributed by atoms with Crippen molar-refractivity contribution >= 4 is 23.1 Å². The number of ketones is 1. The quantitative estimate of drug-likeness (QED) is 0.0666. The van der Waals surface area contributed by atoms with E-state index in [0.29, 0.717) is 12.2 Å². The highest BCUT2D eigenvalue weighted by atomic mass is 32.1. The zero-order chi connectivity index (χ0) is 22.6. The second-order valence-corrected chi connectivity index (χ2v) is 8.99. The number of Topliss-reactive ketones (excluding diaryl/α,β-unsaturated/α-hetero) is 1. The largest absolute Gasteiger partial charge is 0.484 e. The van der Waals surface area contributed by atoms with Gasteiger partial charge in [0.2, 0.25) is 0 Å². The molecule has 0 N–H and O–H groups in total. The van der Waals surface area contributed by atoms with Crippen LogP contribution in [0.25, 0.3) is 0 Å². The van der Waals surface area contributed by atoms with Crippen LogP contribution in [0.2, 0.25) is 0 Å². The van der Waals surface area contributed by atoms with Gasteiger partial charge in [-0.25, -0.2) is 0 Å². The molecule has 1 aromatic rings. The lowest BCUT2D eigenvalue weighted by atomic mass is 10.1. The summed E-state index contributed by atoms with van der Waals surface area (Å²) in [5, 5.41) is 2.48. The Balaban J connectivity index is 1.91. The van der Waals surface area contributed by atoms with Crippen LogP contribution < -0.4 is 4.74 Å². The topological polar surface area (TPSA) is 52.6 Å². The van der Waals surface area contributed by atoms with Gasteiger partial charge in [-0.2, -0.15) is 0 Å². The van der Waals surface area contributed by atoms with Crippen molar-refractivity contribution in [2.75, 3.05) is 13.7 Å². The number of hydrogen-bond acceptors (Lipinski definition) is 5. The van der Waals surface area contributed by atoms with Crippen LogP contribution in [0.15, 0.2) is 23.6 Å². The van der Waals surface area contributed by atoms with E-state index < -0.39 is 5.97 Å². The summed E-state index contributed by atoms with van der Waals surface area (Å²) in [7, 11) is 1.28. The van der Waals surface area contributed by atoms with Gasteiger partial charge in [0.1, 0.15) is 6.42 Å². The van der Waals surface area contributed by atoms with E-state index in [2.05, 4.69) is 23.8 Å². The Morgan fingerprint density at radius 3 is 2.06 bits per heavy atom. The fraction of sp³-hybridized carbons (Fsp3) is 0.692. The van der Waals surface area contributed by atoms with Crippen molar-refractivity contribution in [3.8, 4) is 5.06 Å². The highest BCUT2D eigenvalue weighted by molar-refractivity contribution is 7.12. The number of ether oxygens (including phenoxy) is 2. The number of carbonyl (C=O) groups excluding carboxylic acids is 2. The number of carbonyl (C=O) groups is 2. The molecule has 0 aliphatic heterocycles. The van der Waals surface area contributed by atoms with E-state index in [-0.39, 0.29) is 12.2 Å². The molecule has 0 fully saturated rings. The van der Waals surface area contributed by atoms with E-state index in [4.69, 9.17) is 4.74 Å². The van der Waals surface area contributed by atoms with E-state index in [1.54, 1.807) is 11.4 Å². The Hall–Kier alpha value is -1.62. The molecule has 0 aliphatic carbocycles. The molecule has 1 heterocycles. The van der Waals surface area contributed by atoms with Gasteiger partial charge in [-0.15, -0.1) is 11.3 Å². The smallest absolute Gasteiger partial charge is 0.313 e. The van der Waals surface area contributed by atoms with Crippen molar-refractivity contribution in [1.29, 1.82) is 0 Å². The van der Waals surface area contributed by atoms with Crippen LogP contribution in [-0.4, -0.2) is 25.5 Å². The van der Waals surface area contributed by atoms with Crippen LogP contribution >= 0.6 is 11.3 Å². The first kappa shape index (κ1) is 27.4.